The van der Waals surface area contributed by atoms with Gasteiger partial charge in [0.15, 0.2) is 5.54 Å². The van der Waals surface area contributed by atoms with Gasteiger partial charge in [-0.1, -0.05) is 84.0 Å². The van der Waals surface area contributed by atoms with Crippen molar-refractivity contribution in [2.75, 3.05) is 6.54 Å². The van der Waals surface area contributed by atoms with Crippen LogP contribution in [0.25, 0.3) is 0 Å². The molecule has 2 atom stereocenters. The standard InChI is InChI=1S/C29H35N3O3/c1-20(29(31-34,22-12-8-6-9-13-22)23-14-10-7-11-15-23)30-19-26(33)21-16-17-24-25(18-21)28(4,5)32(35)27(24,2)3/h6-18,20,26,30,33,35H,19H2,1-5H3. The predicted octanol–water partition coefficient (Wildman–Crippen LogP) is 5.58. The smallest absolute Gasteiger partial charge is 0.167 e. The van der Waals surface area contributed by atoms with Gasteiger partial charge in [-0.05, 0) is 62.4 Å². The number of hydrogen-bond donors (Lipinski definition) is 3. The van der Waals surface area contributed by atoms with Gasteiger partial charge in [0.2, 0.25) is 0 Å². The number of fused-ring (bicyclic) bond motifs is 1. The molecule has 184 valence electrons. The first-order valence-electron chi connectivity index (χ1n) is 12.1. The largest absolute Gasteiger partial charge is 0.387 e. The Morgan fingerprint density at radius 1 is 0.886 bits per heavy atom. The molecule has 0 radical (unpaired) electrons. The number of hydroxylamine groups is 2. The lowest BCUT2D eigenvalue weighted by molar-refractivity contribution is -0.216. The number of aliphatic hydroxyl groups excluding tert-OH is 1. The minimum Gasteiger partial charge on any atom is -0.387 e. The molecule has 35 heavy (non-hydrogen) atoms. The third kappa shape index (κ3) is 4.10. The minimum atomic E-state index is -1.15. The third-order valence-corrected chi connectivity index (χ3v) is 7.62. The molecule has 0 fully saturated rings. The van der Waals surface area contributed by atoms with Crippen molar-refractivity contribution in [3.05, 3.63) is 112 Å². The summed E-state index contributed by atoms with van der Waals surface area (Å²) in [5, 5.41) is 30.3. The van der Waals surface area contributed by atoms with E-state index in [1.165, 1.54) is 5.06 Å². The van der Waals surface area contributed by atoms with Crippen LogP contribution in [0.2, 0.25) is 0 Å². The Hall–Kier alpha value is -2.90. The summed E-state index contributed by atoms with van der Waals surface area (Å²) in [6, 6.07) is 24.6. The van der Waals surface area contributed by atoms with Gasteiger partial charge >= 0.3 is 0 Å². The molecular weight excluding hydrogens is 438 g/mol. The predicted molar refractivity (Wildman–Crippen MR) is 138 cm³/mol. The molecule has 0 aromatic heterocycles. The fraction of sp³-hybridized carbons (Fsp3) is 0.379. The molecule has 4 rings (SSSR count). The first-order chi connectivity index (χ1) is 16.6. The number of nitrogens with one attached hydrogen (secondary N) is 1. The maximum Gasteiger partial charge on any atom is 0.167 e. The zero-order valence-electron chi connectivity index (χ0n) is 21.1. The molecule has 1 heterocycles. The SMILES string of the molecule is CC(NCC(O)c1ccc2c(c1)C(C)(C)N(O)C2(C)C)C(N=O)(c1ccccc1)c1ccccc1. The van der Waals surface area contributed by atoms with E-state index in [0.717, 1.165) is 27.8 Å². The molecule has 0 bridgehead atoms. The number of hydrogen-bond acceptors (Lipinski definition) is 6. The number of nitrogens with zero attached hydrogens (tertiary/aromatic N) is 2. The Balaban J connectivity index is 1.61. The van der Waals surface area contributed by atoms with Crippen LogP contribution in [0.4, 0.5) is 0 Å². The summed E-state index contributed by atoms with van der Waals surface area (Å²) in [6.45, 7) is 10.1. The molecule has 1 aliphatic heterocycles. The maximum absolute atomic E-state index is 12.5. The molecule has 0 amide bonds. The zero-order chi connectivity index (χ0) is 25.4. The highest BCUT2D eigenvalue weighted by Crippen LogP contribution is 2.48. The molecular formula is C29H35N3O3. The van der Waals surface area contributed by atoms with E-state index in [0.29, 0.717) is 0 Å². The van der Waals surface area contributed by atoms with Gasteiger partial charge in [0.1, 0.15) is 0 Å². The molecule has 3 aromatic carbocycles. The van der Waals surface area contributed by atoms with Crippen molar-refractivity contribution in [3.63, 3.8) is 0 Å². The van der Waals surface area contributed by atoms with Crippen molar-refractivity contribution in [1.82, 2.24) is 10.4 Å². The number of nitroso groups, excluding NO2 is 1. The van der Waals surface area contributed by atoms with Gasteiger partial charge in [-0.3, -0.25) is 0 Å². The molecule has 3 aromatic rings. The van der Waals surface area contributed by atoms with E-state index >= 15 is 0 Å². The van der Waals surface area contributed by atoms with E-state index in [2.05, 4.69) is 10.5 Å². The zero-order valence-corrected chi connectivity index (χ0v) is 21.1. The topological polar surface area (TPSA) is 85.2 Å². The summed E-state index contributed by atoms with van der Waals surface area (Å²) in [6.07, 6.45) is -0.801. The molecule has 0 spiro atoms. The quantitative estimate of drug-likeness (QED) is 0.372. The van der Waals surface area contributed by atoms with Crippen molar-refractivity contribution in [3.8, 4) is 0 Å². The van der Waals surface area contributed by atoms with Crippen LogP contribution >= 0.6 is 0 Å². The lowest BCUT2D eigenvalue weighted by Gasteiger charge is -2.35. The van der Waals surface area contributed by atoms with Crippen LogP contribution in [0.1, 0.15) is 68.5 Å². The highest BCUT2D eigenvalue weighted by atomic mass is 16.5. The molecule has 2 unspecified atom stereocenters. The monoisotopic (exact) mass is 473 g/mol. The van der Waals surface area contributed by atoms with Gasteiger partial charge in [0, 0.05) is 12.6 Å². The summed E-state index contributed by atoms with van der Waals surface area (Å²) in [5.74, 6) is 0. The molecule has 6 heteroatoms. The number of rotatable bonds is 8. The van der Waals surface area contributed by atoms with E-state index < -0.39 is 28.8 Å². The summed E-state index contributed by atoms with van der Waals surface area (Å²) in [5.41, 5.74) is 2.13. The fourth-order valence-corrected chi connectivity index (χ4v) is 5.53. The second kappa shape index (κ2) is 9.28. The number of benzene rings is 3. The highest BCUT2D eigenvalue weighted by molar-refractivity contribution is 5.45. The van der Waals surface area contributed by atoms with Gasteiger partial charge < -0.3 is 15.6 Å². The molecule has 0 aliphatic carbocycles. The van der Waals surface area contributed by atoms with Crippen LogP contribution < -0.4 is 5.32 Å². The van der Waals surface area contributed by atoms with E-state index in [1.54, 1.807) is 0 Å². The first-order valence-corrected chi connectivity index (χ1v) is 12.1. The number of aliphatic hydroxyl groups is 1. The third-order valence-electron chi connectivity index (χ3n) is 7.62. The van der Waals surface area contributed by atoms with Gasteiger partial charge in [-0.2, -0.15) is 5.06 Å². The van der Waals surface area contributed by atoms with Gasteiger partial charge in [0.25, 0.3) is 0 Å². The van der Waals surface area contributed by atoms with Gasteiger partial charge in [-0.15, -0.1) is 4.91 Å². The average Bonchev–Trinajstić information content (AvgIpc) is 3.01. The van der Waals surface area contributed by atoms with Gasteiger partial charge in [-0.25, -0.2) is 0 Å². The summed E-state index contributed by atoms with van der Waals surface area (Å²) in [7, 11) is 0. The second-order valence-corrected chi connectivity index (χ2v) is 10.5. The first kappa shape index (κ1) is 25.2. The maximum atomic E-state index is 12.5. The van der Waals surface area contributed by atoms with E-state index in [9.17, 15) is 15.2 Å². The van der Waals surface area contributed by atoms with Gasteiger partial charge in [0.05, 0.1) is 17.2 Å². The minimum absolute atomic E-state index is 0.240. The second-order valence-electron chi connectivity index (χ2n) is 10.5. The van der Waals surface area contributed by atoms with Crippen LogP contribution in [0, 0.1) is 4.91 Å². The Morgan fingerprint density at radius 3 is 1.91 bits per heavy atom. The normalized spacial score (nSPS) is 18.6. The Labute approximate surface area is 207 Å². The van der Waals surface area contributed by atoms with Crippen LogP contribution in [0.3, 0.4) is 0 Å². The Kier molecular flexibility index (Phi) is 6.68. The fourth-order valence-electron chi connectivity index (χ4n) is 5.53. The lowest BCUT2D eigenvalue weighted by atomic mass is 9.78. The van der Waals surface area contributed by atoms with Crippen LogP contribution in [0.5, 0.6) is 0 Å². The van der Waals surface area contributed by atoms with Crippen molar-refractivity contribution < 1.29 is 10.3 Å². The van der Waals surface area contributed by atoms with Crippen molar-refractivity contribution in [2.45, 2.75) is 63.4 Å². The van der Waals surface area contributed by atoms with Crippen LogP contribution in [-0.4, -0.2) is 28.0 Å². The molecule has 1 aliphatic rings. The van der Waals surface area contributed by atoms with Crippen LogP contribution in [-0.2, 0) is 16.6 Å². The van der Waals surface area contributed by atoms with E-state index in [1.807, 2.05) is 113 Å². The van der Waals surface area contributed by atoms with E-state index in [4.69, 9.17) is 0 Å². The summed E-state index contributed by atoms with van der Waals surface area (Å²) >= 11 is 0. The van der Waals surface area contributed by atoms with Crippen molar-refractivity contribution >= 4 is 0 Å². The molecule has 3 N–H and O–H groups in total. The van der Waals surface area contributed by atoms with Crippen molar-refractivity contribution in [2.24, 2.45) is 5.18 Å². The Bertz CT molecular complexity index is 1140. The lowest BCUT2D eigenvalue weighted by Crippen LogP contribution is -2.47. The average molecular weight is 474 g/mol. The molecule has 0 saturated heterocycles. The summed E-state index contributed by atoms with van der Waals surface area (Å²) in [4.78, 5) is 12.5. The molecule has 6 nitrogen and oxygen atoms in total. The Morgan fingerprint density at radius 2 is 1.40 bits per heavy atom. The van der Waals surface area contributed by atoms with Crippen LogP contribution in [0.15, 0.2) is 84.0 Å². The molecule has 0 saturated carbocycles. The van der Waals surface area contributed by atoms with E-state index in [-0.39, 0.29) is 6.54 Å². The highest BCUT2D eigenvalue weighted by Gasteiger charge is 2.49. The summed E-state index contributed by atoms with van der Waals surface area (Å²) < 4.78 is 0. The van der Waals surface area contributed by atoms with Crippen molar-refractivity contribution in [1.29, 1.82) is 0 Å².